The van der Waals surface area contributed by atoms with Crippen LogP contribution in [0.1, 0.15) is 39.7 Å². The molecule has 2 aromatic heterocycles. The number of primary amides is 1. The Morgan fingerprint density at radius 2 is 1.64 bits per heavy atom. The number of benzene rings is 3. The minimum absolute atomic E-state index is 0.0514. The van der Waals surface area contributed by atoms with Gasteiger partial charge in [0.05, 0.1) is 25.3 Å². The maximum Gasteiger partial charge on any atom is 0.266 e. The van der Waals surface area contributed by atoms with Crippen LogP contribution in [-0.2, 0) is 0 Å². The summed E-state index contributed by atoms with van der Waals surface area (Å²) in [7, 11) is 2.99. The van der Waals surface area contributed by atoms with Gasteiger partial charge in [0.25, 0.3) is 11.8 Å². The van der Waals surface area contributed by atoms with E-state index in [1.54, 1.807) is 18.2 Å². The van der Waals surface area contributed by atoms with Gasteiger partial charge in [-0.05, 0) is 54.8 Å². The number of ether oxygens (including phenoxy) is 3. The highest BCUT2D eigenvalue weighted by atomic mass is 19.1. The topological polar surface area (TPSA) is 135 Å². The highest BCUT2D eigenvalue weighted by Crippen LogP contribution is 2.39. The number of hydrogen-bond donors (Lipinski definition) is 2. The third-order valence-electron chi connectivity index (χ3n) is 7.40. The second-order valence-corrected chi connectivity index (χ2v) is 10.3. The Balaban J connectivity index is 1.32. The quantitative estimate of drug-likeness (QED) is 0.214. The van der Waals surface area contributed by atoms with Gasteiger partial charge in [-0.15, -0.1) is 0 Å². The number of methoxy groups -OCH3 is 2. The molecule has 0 unspecified atom stereocenters. The van der Waals surface area contributed by atoms with Crippen molar-refractivity contribution in [2.24, 2.45) is 5.73 Å². The molecule has 0 saturated heterocycles. The minimum atomic E-state index is -0.859. The van der Waals surface area contributed by atoms with E-state index in [0.717, 1.165) is 18.2 Å². The van der Waals surface area contributed by atoms with Gasteiger partial charge in [-0.1, -0.05) is 12.1 Å². The summed E-state index contributed by atoms with van der Waals surface area (Å²) in [5, 5.41) is 3.10. The summed E-state index contributed by atoms with van der Waals surface area (Å²) in [5.74, 6) is -1.93. The number of carbonyl (C=O) groups excluding carboxylic acids is 2. The molecule has 0 bridgehead atoms. The molecule has 2 amide bonds. The molecule has 3 aromatic carbocycles. The Labute approximate surface area is 255 Å². The number of carbonyl (C=O) groups is 2. The highest BCUT2D eigenvalue weighted by Gasteiger charge is 2.32. The fourth-order valence-corrected chi connectivity index (χ4v) is 5.09. The molecule has 1 fully saturated rings. The van der Waals surface area contributed by atoms with Crippen molar-refractivity contribution in [3.8, 4) is 34.1 Å². The number of nitrogens with zero attached hydrogens (tertiary/aromatic N) is 2. The number of rotatable bonds is 9. The van der Waals surface area contributed by atoms with Gasteiger partial charge in [0.15, 0.2) is 23.1 Å². The molecular weight excluding hydrogens is 586 g/mol. The number of halogens is 2. The van der Waals surface area contributed by atoms with Crippen LogP contribution in [0.5, 0.6) is 23.0 Å². The lowest BCUT2D eigenvalue weighted by molar-refractivity contribution is 0.0985. The first kappa shape index (κ1) is 29.3. The zero-order chi connectivity index (χ0) is 31.8. The van der Waals surface area contributed by atoms with E-state index in [1.165, 1.54) is 55.4 Å². The first-order chi connectivity index (χ1) is 21.7. The van der Waals surface area contributed by atoms with Crippen molar-refractivity contribution >= 4 is 28.4 Å². The Bertz CT molecular complexity index is 2040. The second-order valence-electron chi connectivity index (χ2n) is 10.3. The van der Waals surface area contributed by atoms with E-state index in [4.69, 9.17) is 19.9 Å². The van der Waals surface area contributed by atoms with Crippen LogP contribution in [0.4, 0.5) is 14.5 Å². The van der Waals surface area contributed by atoms with Crippen molar-refractivity contribution in [1.29, 1.82) is 0 Å². The molecule has 0 spiro atoms. The minimum Gasteiger partial charge on any atom is -0.493 e. The van der Waals surface area contributed by atoms with Crippen LogP contribution in [-0.4, -0.2) is 35.6 Å². The summed E-state index contributed by atoms with van der Waals surface area (Å²) in [6, 6.07) is 13.5. The number of anilines is 1. The van der Waals surface area contributed by atoms with Gasteiger partial charge >= 0.3 is 0 Å². The standard InChI is InChI=1S/C33H26F2N4O6/c1-43-27-14-21-24(15-28(27)44-2)37-12-11-25(21)45-26-10-7-19(13-23(26)35)38-33(42)22-16-39(20-8-9-20)30(32(36)41)29(31(22)40)17-3-5-18(34)6-4-17/h3-7,10-16,20H,8-9H2,1-2H3,(H2,36,41)(H,38,42). The summed E-state index contributed by atoms with van der Waals surface area (Å²) >= 11 is 0. The SMILES string of the molecule is COc1cc2nccc(Oc3ccc(NC(=O)c4cn(C5CC5)c(C(N)=O)c(-c5ccc(F)cc5)c4=O)cc3F)c2cc1OC. The van der Waals surface area contributed by atoms with Crippen LogP contribution in [0.3, 0.4) is 0 Å². The Kier molecular flexibility index (Phi) is 7.63. The second kappa shape index (κ2) is 11.7. The van der Waals surface area contributed by atoms with Crippen molar-refractivity contribution < 1.29 is 32.6 Å². The number of pyridine rings is 2. The fraction of sp³-hybridized carbons (Fsp3) is 0.152. The summed E-state index contributed by atoms with van der Waals surface area (Å²) < 4.78 is 47.0. The molecule has 2 heterocycles. The molecule has 1 saturated carbocycles. The van der Waals surface area contributed by atoms with Gasteiger partial charge < -0.3 is 29.8 Å². The largest absolute Gasteiger partial charge is 0.493 e. The molecule has 1 aliphatic rings. The monoisotopic (exact) mass is 612 g/mol. The average Bonchev–Trinajstić information content (AvgIpc) is 3.87. The first-order valence-corrected chi connectivity index (χ1v) is 13.8. The Morgan fingerprint density at radius 1 is 0.933 bits per heavy atom. The molecule has 5 aromatic rings. The first-order valence-electron chi connectivity index (χ1n) is 13.8. The lowest BCUT2D eigenvalue weighted by Crippen LogP contribution is -2.30. The van der Waals surface area contributed by atoms with Gasteiger partial charge in [0.1, 0.15) is 22.8 Å². The van der Waals surface area contributed by atoms with E-state index in [2.05, 4.69) is 10.3 Å². The number of fused-ring (bicyclic) bond motifs is 1. The molecule has 1 aliphatic carbocycles. The van der Waals surface area contributed by atoms with Gasteiger partial charge in [0.2, 0.25) is 5.43 Å². The van der Waals surface area contributed by atoms with Crippen LogP contribution >= 0.6 is 0 Å². The van der Waals surface area contributed by atoms with Crippen LogP contribution in [0.2, 0.25) is 0 Å². The third-order valence-corrected chi connectivity index (χ3v) is 7.40. The molecule has 0 aliphatic heterocycles. The van der Waals surface area contributed by atoms with Crippen LogP contribution < -0.4 is 30.7 Å². The lowest BCUT2D eigenvalue weighted by atomic mass is 9.99. The Hall–Kier alpha value is -5.78. The third kappa shape index (κ3) is 5.65. The molecular formula is C33H26F2N4O6. The summed E-state index contributed by atoms with van der Waals surface area (Å²) in [6.45, 7) is 0. The molecule has 12 heteroatoms. The summed E-state index contributed by atoms with van der Waals surface area (Å²) in [5.41, 5.74) is 5.23. The smallest absolute Gasteiger partial charge is 0.266 e. The van der Waals surface area contributed by atoms with Gasteiger partial charge in [-0.2, -0.15) is 0 Å². The molecule has 0 radical (unpaired) electrons. The number of aromatic nitrogens is 2. The zero-order valence-electron chi connectivity index (χ0n) is 24.1. The van der Waals surface area contributed by atoms with Crippen molar-refractivity contribution in [1.82, 2.24) is 9.55 Å². The molecule has 3 N–H and O–H groups in total. The maximum absolute atomic E-state index is 15.3. The summed E-state index contributed by atoms with van der Waals surface area (Å²) in [6.07, 6.45) is 4.22. The summed E-state index contributed by atoms with van der Waals surface area (Å²) in [4.78, 5) is 43.8. The van der Waals surface area contributed by atoms with E-state index in [1.807, 2.05) is 0 Å². The van der Waals surface area contributed by atoms with Crippen molar-refractivity contribution in [2.75, 3.05) is 19.5 Å². The highest BCUT2D eigenvalue weighted by molar-refractivity contribution is 6.06. The number of nitrogens with one attached hydrogen (secondary N) is 1. The van der Waals surface area contributed by atoms with E-state index in [0.29, 0.717) is 41.0 Å². The molecule has 228 valence electrons. The van der Waals surface area contributed by atoms with Gasteiger partial charge in [-0.3, -0.25) is 19.4 Å². The Morgan fingerprint density at radius 3 is 2.29 bits per heavy atom. The molecule has 10 nitrogen and oxygen atoms in total. The van der Waals surface area contributed by atoms with Crippen LogP contribution in [0.25, 0.3) is 22.0 Å². The van der Waals surface area contributed by atoms with E-state index >= 15 is 4.39 Å². The predicted molar refractivity (Wildman–Crippen MR) is 162 cm³/mol. The van der Waals surface area contributed by atoms with E-state index in [-0.39, 0.29) is 39.9 Å². The van der Waals surface area contributed by atoms with Gasteiger partial charge in [0, 0.05) is 41.6 Å². The maximum atomic E-state index is 15.3. The van der Waals surface area contributed by atoms with Crippen molar-refractivity contribution in [3.05, 3.63) is 106 Å². The zero-order valence-corrected chi connectivity index (χ0v) is 24.1. The van der Waals surface area contributed by atoms with Crippen molar-refractivity contribution in [3.63, 3.8) is 0 Å². The van der Waals surface area contributed by atoms with Crippen LogP contribution in [0.15, 0.2) is 77.9 Å². The molecule has 6 rings (SSSR count). The normalized spacial score (nSPS) is 12.5. The van der Waals surface area contributed by atoms with Gasteiger partial charge in [-0.25, -0.2) is 8.78 Å². The number of nitrogens with two attached hydrogens (primary N) is 1. The average molecular weight is 613 g/mol. The molecule has 45 heavy (non-hydrogen) atoms. The van der Waals surface area contributed by atoms with E-state index in [9.17, 15) is 18.8 Å². The lowest BCUT2D eigenvalue weighted by Gasteiger charge is -2.17. The van der Waals surface area contributed by atoms with Crippen LogP contribution in [0, 0.1) is 11.6 Å². The van der Waals surface area contributed by atoms with Crippen molar-refractivity contribution in [2.45, 2.75) is 18.9 Å². The molecule has 0 atom stereocenters. The van der Waals surface area contributed by atoms with E-state index < -0.39 is 28.9 Å². The predicted octanol–water partition coefficient (Wildman–Crippen LogP) is 5.84. The number of hydrogen-bond acceptors (Lipinski definition) is 7. The number of amides is 2. The fourth-order valence-electron chi connectivity index (χ4n) is 5.09.